The molecule has 1 atom stereocenters. The van der Waals surface area contributed by atoms with Crippen molar-refractivity contribution in [2.75, 3.05) is 0 Å². The first kappa shape index (κ1) is 14.3. The van der Waals surface area contributed by atoms with Crippen molar-refractivity contribution in [3.05, 3.63) is 41.5 Å². The van der Waals surface area contributed by atoms with Crippen LogP contribution in [0.4, 0.5) is 0 Å². The molecule has 4 nitrogen and oxygen atoms in total. The van der Waals surface area contributed by atoms with Crippen LogP contribution < -0.4 is 0 Å². The molecule has 20 heavy (non-hydrogen) atoms. The van der Waals surface area contributed by atoms with E-state index in [9.17, 15) is 5.21 Å². The topological polar surface area (TPSA) is 65.2 Å². The van der Waals surface area contributed by atoms with Crippen molar-refractivity contribution < 1.29 is 10.4 Å². The molecule has 1 aliphatic carbocycles. The second kappa shape index (κ2) is 5.90. The summed E-state index contributed by atoms with van der Waals surface area (Å²) in [6, 6.07) is 8.22. The average Bonchev–Trinajstić information content (AvgIpc) is 2.72. The van der Waals surface area contributed by atoms with Gasteiger partial charge in [-0.1, -0.05) is 35.5 Å². The van der Waals surface area contributed by atoms with E-state index in [1.807, 2.05) is 12.1 Å². The SMILES string of the molecule is CC1=CC(C)(/C(CCC/C=N\O)=N/O)c2ccccc21. The summed E-state index contributed by atoms with van der Waals surface area (Å²) in [5, 5.41) is 24.3. The van der Waals surface area contributed by atoms with E-state index in [1.54, 1.807) is 0 Å². The molecular weight excluding hydrogens is 252 g/mol. The number of hydrogen-bond donors (Lipinski definition) is 2. The van der Waals surface area contributed by atoms with Crippen LogP contribution in [0.5, 0.6) is 0 Å². The molecule has 0 heterocycles. The van der Waals surface area contributed by atoms with Crippen molar-refractivity contribution in [3.8, 4) is 0 Å². The van der Waals surface area contributed by atoms with Gasteiger partial charge >= 0.3 is 0 Å². The molecule has 1 aromatic carbocycles. The van der Waals surface area contributed by atoms with Crippen LogP contribution in [0.2, 0.25) is 0 Å². The third-order valence-electron chi connectivity index (χ3n) is 3.97. The Bertz CT molecular complexity index is 576. The van der Waals surface area contributed by atoms with E-state index < -0.39 is 0 Å². The van der Waals surface area contributed by atoms with Crippen LogP contribution in [0.3, 0.4) is 0 Å². The Hall–Kier alpha value is -2.10. The lowest BCUT2D eigenvalue weighted by molar-refractivity contribution is 0.313. The fraction of sp³-hybridized carbons (Fsp3) is 0.375. The summed E-state index contributed by atoms with van der Waals surface area (Å²) in [5.74, 6) is 0. The first-order valence-electron chi connectivity index (χ1n) is 6.80. The number of nitrogens with zero attached hydrogens (tertiary/aromatic N) is 2. The molecule has 1 aliphatic rings. The summed E-state index contributed by atoms with van der Waals surface area (Å²) in [4.78, 5) is 0. The molecular formula is C16H20N2O2. The molecule has 0 aromatic heterocycles. The van der Waals surface area contributed by atoms with Gasteiger partial charge in [-0.2, -0.15) is 0 Å². The van der Waals surface area contributed by atoms with Gasteiger partial charge in [0.05, 0.1) is 11.1 Å². The number of hydrogen-bond acceptors (Lipinski definition) is 4. The number of benzene rings is 1. The molecule has 0 radical (unpaired) electrons. The van der Waals surface area contributed by atoms with Crippen LogP contribution in [0.1, 0.15) is 44.2 Å². The van der Waals surface area contributed by atoms with E-state index >= 15 is 0 Å². The van der Waals surface area contributed by atoms with Crippen molar-refractivity contribution >= 4 is 17.5 Å². The van der Waals surface area contributed by atoms with Crippen molar-refractivity contribution in [1.29, 1.82) is 0 Å². The highest BCUT2D eigenvalue weighted by Gasteiger charge is 2.37. The molecule has 0 bridgehead atoms. The zero-order chi connectivity index (χ0) is 14.6. The van der Waals surface area contributed by atoms with Gasteiger partial charge in [0, 0.05) is 6.21 Å². The van der Waals surface area contributed by atoms with E-state index in [0.29, 0.717) is 12.8 Å². The van der Waals surface area contributed by atoms with Crippen LogP contribution in [0.15, 0.2) is 40.7 Å². The molecule has 4 heteroatoms. The van der Waals surface area contributed by atoms with Gasteiger partial charge in [-0.3, -0.25) is 0 Å². The summed E-state index contributed by atoms with van der Waals surface area (Å²) < 4.78 is 0. The minimum absolute atomic E-state index is 0.355. The van der Waals surface area contributed by atoms with Crippen molar-refractivity contribution in [3.63, 3.8) is 0 Å². The van der Waals surface area contributed by atoms with Gasteiger partial charge in [0.15, 0.2) is 0 Å². The van der Waals surface area contributed by atoms with Crippen LogP contribution >= 0.6 is 0 Å². The Morgan fingerprint density at radius 3 is 2.75 bits per heavy atom. The highest BCUT2D eigenvalue weighted by molar-refractivity contribution is 6.01. The first-order valence-corrected chi connectivity index (χ1v) is 6.80. The largest absolute Gasteiger partial charge is 0.411 e. The number of oxime groups is 2. The molecule has 2 N–H and O–H groups in total. The molecule has 0 saturated heterocycles. The Labute approximate surface area is 119 Å². The average molecular weight is 272 g/mol. The molecule has 2 rings (SSSR count). The normalized spacial score (nSPS) is 22.1. The molecule has 106 valence electrons. The highest BCUT2D eigenvalue weighted by Crippen LogP contribution is 2.42. The standard InChI is InChI=1S/C16H20N2O2/c1-12-11-16(2,14-8-4-3-7-13(12)14)15(18-20)9-5-6-10-17-19/h3-4,7-8,10-11,19-20H,5-6,9H2,1-2H3/b17-10-,18-15+. The van der Waals surface area contributed by atoms with Crippen molar-refractivity contribution in [1.82, 2.24) is 0 Å². The van der Waals surface area contributed by atoms with E-state index in [0.717, 1.165) is 12.1 Å². The summed E-state index contributed by atoms with van der Waals surface area (Å²) in [5.41, 5.74) is 4.00. The molecule has 1 aromatic rings. The van der Waals surface area contributed by atoms with Crippen molar-refractivity contribution in [2.24, 2.45) is 10.3 Å². The molecule has 0 aliphatic heterocycles. The van der Waals surface area contributed by atoms with Crippen LogP contribution in [0, 0.1) is 0 Å². The summed E-state index contributed by atoms with van der Waals surface area (Å²) in [6.07, 6.45) is 5.73. The second-order valence-electron chi connectivity index (χ2n) is 5.31. The number of unbranched alkanes of at least 4 members (excludes halogenated alkanes) is 1. The summed E-state index contributed by atoms with van der Waals surface area (Å²) in [7, 11) is 0. The van der Waals surface area contributed by atoms with Crippen LogP contribution in [-0.4, -0.2) is 22.3 Å². The van der Waals surface area contributed by atoms with E-state index in [1.165, 1.54) is 22.9 Å². The van der Waals surface area contributed by atoms with Crippen LogP contribution in [0.25, 0.3) is 5.57 Å². The van der Waals surface area contributed by atoms with E-state index in [2.05, 4.69) is 42.4 Å². The predicted molar refractivity (Wildman–Crippen MR) is 80.8 cm³/mol. The first-order chi connectivity index (χ1) is 9.63. The van der Waals surface area contributed by atoms with Gasteiger partial charge in [-0.05, 0) is 49.8 Å². The third kappa shape index (κ3) is 2.46. The summed E-state index contributed by atoms with van der Waals surface area (Å²) in [6.45, 7) is 4.16. The smallest absolute Gasteiger partial charge is 0.0711 e. The minimum Gasteiger partial charge on any atom is -0.411 e. The predicted octanol–water partition coefficient (Wildman–Crippen LogP) is 3.82. The Morgan fingerprint density at radius 2 is 2.05 bits per heavy atom. The maximum atomic E-state index is 9.40. The molecule has 1 unspecified atom stereocenters. The minimum atomic E-state index is -0.355. The van der Waals surface area contributed by atoms with Gasteiger partial charge in [-0.15, -0.1) is 5.16 Å². The molecule has 0 amide bonds. The third-order valence-corrected chi connectivity index (χ3v) is 3.97. The lowest BCUT2D eigenvalue weighted by Gasteiger charge is -2.25. The molecule has 0 spiro atoms. The molecule has 0 fully saturated rings. The van der Waals surface area contributed by atoms with Crippen molar-refractivity contribution in [2.45, 2.75) is 38.5 Å². The number of fused-ring (bicyclic) bond motifs is 1. The van der Waals surface area contributed by atoms with Crippen LogP contribution in [-0.2, 0) is 5.41 Å². The maximum absolute atomic E-state index is 9.40. The van der Waals surface area contributed by atoms with Gasteiger partial charge in [0.2, 0.25) is 0 Å². The fourth-order valence-electron chi connectivity index (χ4n) is 2.94. The number of allylic oxidation sites excluding steroid dienone is 2. The quantitative estimate of drug-likeness (QED) is 0.370. The summed E-state index contributed by atoms with van der Waals surface area (Å²) >= 11 is 0. The lowest BCUT2D eigenvalue weighted by atomic mass is 9.78. The van der Waals surface area contributed by atoms with E-state index in [-0.39, 0.29) is 5.41 Å². The zero-order valence-electron chi connectivity index (χ0n) is 11.9. The maximum Gasteiger partial charge on any atom is 0.0711 e. The highest BCUT2D eigenvalue weighted by atomic mass is 16.4. The van der Waals surface area contributed by atoms with Gasteiger partial charge < -0.3 is 10.4 Å². The van der Waals surface area contributed by atoms with Gasteiger partial charge in [-0.25, -0.2) is 0 Å². The van der Waals surface area contributed by atoms with E-state index in [4.69, 9.17) is 5.21 Å². The molecule has 0 saturated carbocycles. The lowest BCUT2D eigenvalue weighted by Crippen LogP contribution is -2.29. The Kier molecular flexibility index (Phi) is 4.23. The Morgan fingerprint density at radius 1 is 1.30 bits per heavy atom. The van der Waals surface area contributed by atoms with Gasteiger partial charge in [0.1, 0.15) is 0 Å². The second-order valence-corrected chi connectivity index (χ2v) is 5.31. The zero-order valence-corrected chi connectivity index (χ0v) is 11.9. The fourth-order valence-corrected chi connectivity index (χ4v) is 2.94. The monoisotopic (exact) mass is 272 g/mol. The Balaban J connectivity index is 2.26. The van der Waals surface area contributed by atoms with Gasteiger partial charge in [0.25, 0.3) is 0 Å². The number of rotatable bonds is 5.